The van der Waals surface area contributed by atoms with Crippen molar-refractivity contribution >= 4 is 5.69 Å². The largest absolute Gasteiger partial charge is 0.469 e. The Morgan fingerprint density at radius 3 is 2.89 bits per heavy atom. The molecule has 102 valence electrons. The Balaban J connectivity index is 2.19. The van der Waals surface area contributed by atoms with Gasteiger partial charge in [-0.25, -0.2) is 0 Å². The summed E-state index contributed by atoms with van der Waals surface area (Å²) in [6.07, 6.45) is 7.20. The zero-order valence-electron chi connectivity index (χ0n) is 11.5. The number of aromatic nitrogens is 1. The van der Waals surface area contributed by atoms with Crippen LogP contribution in [0.15, 0.2) is 35.2 Å². The molecule has 0 fully saturated rings. The van der Waals surface area contributed by atoms with Crippen LogP contribution in [0.5, 0.6) is 0 Å². The molecule has 19 heavy (non-hydrogen) atoms. The molecule has 0 radical (unpaired) electrons. The Morgan fingerprint density at radius 1 is 1.42 bits per heavy atom. The summed E-state index contributed by atoms with van der Waals surface area (Å²) in [4.78, 5) is 4.15. The summed E-state index contributed by atoms with van der Waals surface area (Å²) in [6.45, 7) is 5.11. The van der Waals surface area contributed by atoms with Crippen molar-refractivity contribution in [3.05, 3.63) is 47.7 Å². The van der Waals surface area contributed by atoms with Crippen LogP contribution in [0.3, 0.4) is 0 Å². The molecule has 0 aliphatic heterocycles. The van der Waals surface area contributed by atoms with E-state index in [0.717, 1.165) is 36.4 Å². The molecule has 4 nitrogen and oxygen atoms in total. The molecule has 0 aromatic carbocycles. The highest BCUT2D eigenvalue weighted by molar-refractivity contribution is 5.45. The summed E-state index contributed by atoms with van der Waals surface area (Å²) in [5.74, 6) is 0.955. The maximum atomic E-state index is 6.00. The van der Waals surface area contributed by atoms with Crippen LogP contribution in [0.4, 0.5) is 5.69 Å². The highest BCUT2D eigenvalue weighted by atomic mass is 16.3. The molecule has 0 amide bonds. The molecule has 0 saturated heterocycles. The monoisotopic (exact) mass is 259 g/mol. The van der Waals surface area contributed by atoms with Gasteiger partial charge in [0.15, 0.2) is 0 Å². The fourth-order valence-electron chi connectivity index (χ4n) is 2.20. The van der Waals surface area contributed by atoms with E-state index in [2.05, 4.69) is 17.2 Å². The third-order valence-electron chi connectivity index (χ3n) is 3.28. The van der Waals surface area contributed by atoms with Gasteiger partial charge in [0.1, 0.15) is 5.76 Å². The van der Waals surface area contributed by atoms with Gasteiger partial charge in [0, 0.05) is 29.7 Å². The topological polar surface area (TPSA) is 64.1 Å². The lowest BCUT2D eigenvalue weighted by molar-refractivity contribution is 0.494. The van der Waals surface area contributed by atoms with Crippen LogP contribution < -0.4 is 11.1 Å². The number of nitrogens with zero attached hydrogens (tertiary/aromatic N) is 1. The van der Waals surface area contributed by atoms with Gasteiger partial charge in [-0.05, 0) is 44.0 Å². The van der Waals surface area contributed by atoms with Gasteiger partial charge in [-0.2, -0.15) is 0 Å². The van der Waals surface area contributed by atoms with Gasteiger partial charge in [-0.1, -0.05) is 6.92 Å². The molecule has 0 spiro atoms. The summed E-state index contributed by atoms with van der Waals surface area (Å²) >= 11 is 0. The molecule has 1 unspecified atom stereocenters. The number of hydrogen-bond donors (Lipinski definition) is 2. The van der Waals surface area contributed by atoms with E-state index in [1.807, 2.05) is 25.3 Å². The van der Waals surface area contributed by atoms with Crippen molar-refractivity contribution in [1.82, 2.24) is 10.3 Å². The minimum Gasteiger partial charge on any atom is -0.469 e. The molecule has 4 heteroatoms. The van der Waals surface area contributed by atoms with Gasteiger partial charge in [-0.3, -0.25) is 4.98 Å². The highest BCUT2D eigenvalue weighted by Gasteiger charge is 2.16. The first-order chi connectivity index (χ1) is 9.22. The van der Waals surface area contributed by atoms with Crippen LogP contribution in [0.1, 0.15) is 36.3 Å². The lowest BCUT2D eigenvalue weighted by Crippen LogP contribution is -2.24. The second-order valence-electron chi connectivity index (χ2n) is 4.72. The first-order valence-corrected chi connectivity index (χ1v) is 6.68. The normalized spacial score (nSPS) is 12.5. The van der Waals surface area contributed by atoms with Crippen LogP contribution >= 0.6 is 0 Å². The lowest BCUT2D eigenvalue weighted by Gasteiger charge is -2.19. The standard InChI is InChI=1S/C15H21N3O/c1-3-6-18-15(13-5-8-19-11(13)2)9-12-10-17-7-4-14(12)16/h4-5,7-8,10,15,18H,3,6,9H2,1-2H3,(H2,16,17). The number of rotatable bonds is 6. The number of nitrogens with one attached hydrogen (secondary N) is 1. The van der Waals surface area contributed by atoms with Crippen LogP contribution in [-0.4, -0.2) is 11.5 Å². The maximum absolute atomic E-state index is 6.00. The SMILES string of the molecule is CCCNC(Cc1cnccc1N)c1ccoc1C. The van der Waals surface area contributed by atoms with E-state index in [9.17, 15) is 0 Å². The van der Waals surface area contributed by atoms with Gasteiger partial charge in [0.2, 0.25) is 0 Å². The van der Waals surface area contributed by atoms with E-state index < -0.39 is 0 Å². The molecular weight excluding hydrogens is 238 g/mol. The Bertz CT molecular complexity index is 522. The molecule has 0 saturated carbocycles. The number of nitrogens with two attached hydrogens (primary N) is 1. The summed E-state index contributed by atoms with van der Waals surface area (Å²) in [7, 11) is 0. The van der Waals surface area contributed by atoms with Crippen molar-refractivity contribution in [2.45, 2.75) is 32.7 Å². The second kappa shape index (κ2) is 6.38. The van der Waals surface area contributed by atoms with Gasteiger partial charge < -0.3 is 15.5 Å². The Hall–Kier alpha value is -1.81. The number of hydrogen-bond acceptors (Lipinski definition) is 4. The fourth-order valence-corrected chi connectivity index (χ4v) is 2.20. The number of pyridine rings is 1. The smallest absolute Gasteiger partial charge is 0.105 e. The number of anilines is 1. The van der Waals surface area contributed by atoms with E-state index in [4.69, 9.17) is 10.2 Å². The van der Waals surface area contributed by atoms with E-state index >= 15 is 0 Å². The number of furan rings is 1. The Labute approximate surface area is 114 Å². The molecule has 0 bridgehead atoms. The summed E-state index contributed by atoms with van der Waals surface area (Å²) in [6, 6.07) is 4.08. The maximum Gasteiger partial charge on any atom is 0.105 e. The molecule has 3 N–H and O–H groups in total. The lowest BCUT2D eigenvalue weighted by atomic mass is 9.99. The first-order valence-electron chi connectivity index (χ1n) is 6.68. The third kappa shape index (κ3) is 3.35. The molecular formula is C15H21N3O. The molecule has 2 aromatic heterocycles. The van der Waals surface area contributed by atoms with Gasteiger partial charge in [0.25, 0.3) is 0 Å². The van der Waals surface area contributed by atoms with Crippen molar-refractivity contribution in [1.29, 1.82) is 0 Å². The minimum absolute atomic E-state index is 0.213. The highest BCUT2D eigenvalue weighted by Crippen LogP contribution is 2.24. The quantitative estimate of drug-likeness (QED) is 0.837. The van der Waals surface area contributed by atoms with E-state index in [1.165, 1.54) is 5.56 Å². The number of aryl methyl sites for hydroxylation is 1. The van der Waals surface area contributed by atoms with Crippen LogP contribution in [0.25, 0.3) is 0 Å². The molecule has 2 aromatic rings. The molecule has 1 atom stereocenters. The zero-order valence-corrected chi connectivity index (χ0v) is 11.5. The van der Waals surface area contributed by atoms with Crippen molar-refractivity contribution in [2.24, 2.45) is 0 Å². The first kappa shape index (κ1) is 13.6. The van der Waals surface area contributed by atoms with Crippen LogP contribution in [0, 0.1) is 6.92 Å². The van der Waals surface area contributed by atoms with Gasteiger partial charge in [0.05, 0.1) is 6.26 Å². The van der Waals surface area contributed by atoms with E-state index in [-0.39, 0.29) is 6.04 Å². The van der Waals surface area contributed by atoms with Gasteiger partial charge >= 0.3 is 0 Å². The van der Waals surface area contributed by atoms with Crippen LogP contribution in [-0.2, 0) is 6.42 Å². The Kier molecular flexibility index (Phi) is 4.58. The summed E-state index contributed by atoms with van der Waals surface area (Å²) in [5, 5.41) is 3.55. The van der Waals surface area contributed by atoms with Crippen molar-refractivity contribution in [3.63, 3.8) is 0 Å². The Morgan fingerprint density at radius 2 is 2.26 bits per heavy atom. The molecule has 0 aliphatic carbocycles. The number of nitrogen functional groups attached to an aromatic ring is 1. The summed E-state index contributed by atoms with van der Waals surface area (Å²) < 4.78 is 5.41. The zero-order chi connectivity index (χ0) is 13.7. The van der Waals surface area contributed by atoms with E-state index in [1.54, 1.807) is 12.5 Å². The molecule has 2 heterocycles. The molecule has 2 rings (SSSR count). The molecule has 0 aliphatic rings. The average Bonchev–Trinajstić information content (AvgIpc) is 2.83. The second-order valence-corrected chi connectivity index (χ2v) is 4.72. The van der Waals surface area contributed by atoms with Crippen LogP contribution in [0.2, 0.25) is 0 Å². The predicted octanol–water partition coefficient (Wildman–Crippen LogP) is 2.85. The van der Waals surface area contributed by atoms with E-state index in [0.29, 0.717) is 0 Å². The minimum atomic E-state index is 0.213. The summed E-state index contributed by atoms with van der Waals surface area (Å²) in [5.41, 5.74) is 9.05. The van der Waals surface area contributed by atoms with Crippen molar-refractivity contribution < 1.29 is 4.42 Å². The van der Waals surface area contributed by atoms with Crippen molar-refractivity contribution in [3.8, 4) is 0 Å². The average molecular weight is 259 g/mol. The fraction of sp³-hybridized carbons (Fsp3) is 0.400. The van der Waals surface area contributed by atoms with Gasteiger partial charge in [-0.15, -0.1) is 0 Å². The third-order valence-corrected chi connectivity index (χ3v) is 3.28. The van der Waals surface area contributed by atoms with Crippen molar-refractivity contribution in [2.75, 3.05) is 12.3 Å². The predicted molar refractivity (Wildman–Crippen MR) is 76.8 cm³/mol.